The van der Waals surface area contributed by atoms with Gasteiger partial charge in [0.15, 0.2) is 0 Å². The van der Waals surface area contributed by atoms with Crippen LogP contribution in [-0.4, -0.2) is 20.9 Å². The Hall–Kier alpha value is -3.19. The van der Waals surface area contributed by atoms with Crippen molar-refractivity contribution in [2.45, 2.75) is 24.7 Å². The number of carbonyl (C=O) groups excluding carboxylic acids is 1. The lowest BCUT2D eigenvalue weighted by Gasteiger charge is -2.15. The monoisotopic (exact) mass is 426 g/mol. The molecular weight excluding hydrogens is 403 g/mol. The highest BCUT2D eigenvalue weighted by molar-refractivity contribution is 7.92. The number of benzene rings is 3. The van der Waals surface area contributed by atoms with Crippen molar-refractivity contribution in [3.05, 3.63) is 95.3 Å². The highest BCUT2D eigenvalue weighted by Crippen LogP contribution is 2.20. The molecule has 30 heavy (non-hydrogen) atoms. The van der Waals surface area contributed by atoms with Crippen LogP contribution in [0.15, 0.2) is 77.7 Å². The Kier molecular flexibility index (Phi) is 6.52. The van der Waals surface area contributed by atoms with E-state index in [0.29, 0.717) is 12.1 Å². The Labute approximate surface area is 176 Å². The Morgan fingerprint density at radius 1 is 1.00 bits per heavy atom. The van der Waals surface area contributed by atoms with Crippen LogP contribution in [0.1, 0.15) is 34.3 Å². The van der Waals surface area contributed by atoms with Crippen molar-refractivity contribution < 1.29 is 17.6 Å². The van der Waals surface area contributed by atoms with Gasteiger partial charge in [-0.1, -0.05) is 43.3 Å². The van der Waals surface area contributed by atoms with Crippen molar-refractivity contribution in [2.75, 3.05) is 11.3 Å². The summed E-state index contributed by atoms with van der Waals surface area (Å²) < 4.78 is 40.8. The number of sulfonamides is 1. The molecule has 0 aromatic heterocycles. The Morgan fingerprint density at radius 3 is 2.33 bits per heavy atom. The van der Waals surface area contributed by atoms with E-state index in [4.69, 9.17) is 0 Å². The van der Waals surface area contributed by atoms with Crippen LogP contribution in [0.3, 0.4) is 0 Å². The van der Waals surface area contributed by atoms with Crippen LogP contribution in [-0.2, 0) is 10.0 Å². The van der Waals surface area contributed by atoms with Gasteiger partial charge in [-0.2, -0.15) is 0 Å². The zero-order valence-electron chi connectivity index (χ0n) is 16.7. The molecule has 2 N–H and O–H groups in total. The summed E-state index contributed by atoms with van der Waals surface area (Å²) in [7, 11) is -3.93. The second-order valence-electron chi connectivity index (χ2n) is 7.11. The highest BCUT2D eigenvalue weighted by atomic mass is 32.2. The van der Waals surface area contributed by atoms with E-state index in [2.05, 4.69) is 10.0 Å². The maximum absolute atomic E-state index is 13.0. The molecule has 3 aromatic carbocycles. The summed E-state index contributed by atoms with van der Waals surface area (Å²) in [5.74, 6) is -0.686. The average Bonchev–Trinajstić information content (AvgIpc) is 2.74. The predicted molar refractivity (Wildman–Crippen MR) is 116 cm³/mol. The summed E-state index contributed by atoms with van der Waals surface area (Å²) in [6.07, 6.45) is 0. The van der Waals surface area contributed by atoms with E-state index < -0.39 is 15.8 Å². The third-order valence-corrected chi connectivity index (χ3v) is 6.18. The van der Waals surface area contributed by atoms with E-state index in [1.165, 1.54) is 36.4 Å². The molecule has 0 saturated heterocycles. The van der Waals surface area contributed by atoms with Crippen molar-refractivity contribution in [1.82, 2.24) is 5.32 Å². The minimum atomic E-state index is -3.93. The normalized spacial score (nSPS) is 12.2. The van der Waals surface area contributed by atoms with Gasteiger partial charge in [-0.05, 0) is 60.4 Å². The molecule has 1 unspecified atom stereocenters. The molecule has 3 rings (SSSR count). The van der Waals surface area contributed by atoms with Crippen LogP contribution < -0.4 is 10.0 Å². The first-order valence-corrected chi connectivity index (χ1v) is 11.0. The molecular formula is C23H23FN2O3S. The van der Waals surface area contributed by atoms with Crippen molar-refractivity contribution in [3.63, 3.8) is 0 Å². The van der Waals surface area contributed by atoms with Gasteiger partial charge in [0, 0.05) is 17.8 Å². The van der Waals surface area contributed by atoms with Gasteiger partial charge in [0.1, 0.15) is 5.82 Å². The molecule has 0 aliphatic carbocycles. The molecule has 0 saturated carbocycles. The summed E-state index contributed by atoms with van der Waals surface area (Å²) in [6, 6.07) is 19.2. The molecule has 0 spiro atoms. The topological polar surface area (TPSA) is 75.3 Å². The van der Waals surface area contributed by atoms with Crippen LogP contribution >= 0.6 is 0 Å². The van der Waals surface area contributed by atoms with Gasteiger partial charge in [0.25, 0.3) is 15.9 Å². The van der Waals surface area contributed by atoms with Gasteiger partial charge in [-0.3, -0.25) is 9.52 Å². The van der Waals surface area contributed by atoms with Gasteiger partial charge >= 0.3 is 0 Å². The van der Waals surface area contributed by atoms with E-state index in [0.717, 1.165) is 5.56 Å². The maximum atomic E-state index is 13.0. The first-order valence-electron chi connectivity index (χ1n) is 9.48. The predicted octanol–water partition coefficient (Wildman–Crippen LogP) is 4.47. The standard InChI is InChI=1S/C23H23FN2O3S/c1-16-8-13-21(30(28,29)26-20-11-9-19(24)10-12-20)14-22(16)23(27)25-15-17(2)18-6-4-3-5-7-18/h3-14,17,26H,15H2,1-2H3,(H,25,27). The van der Waals surface area contributed by atoms with Crippen molar-refractivity contribution in [2.24, 2.45) is 0 Å². The van der Waals surface area contributed by atoms with Gasteiger partial charge in [0.2, 0.25) is 0 Å². The maximum Gasteiger partial charge on any atom is 0.261 e. The van der Waals surface area contributed by atoms with Gasteiger partial charge in [-0.25, -0.2) is 12.8 Å². The number of aryl methyl sites for hydroxylation is 1. The highest BCUT2D eigenvalue weighted by Gasteiger charge is 2.19. The smallest absolute Gasteiger partial charge is 0.261 e. The van der Waals surface area contributed by atoms with Gasteiger partial charge in [-0.15, -0.1) is 0 Å². The number of hydrogen-bond acceptors (Lipinski definition) is 3. The lowest BCUT2D eigenvalue weighted by molar-refractivity contribution is 0.0951. The number of rotatable bonds is 7. The zero-order valence-corrected chi connectivity index (χ0v) is 17.5. The van der Waals surface area contributed by atoms with Crippen LogP contribution in [0.2, 0.25) is 0 Å². The van der Waals surface area contributed by atoms with E-state index in [1.54, 1.807) is 13.0 Å². The van der Waals surface area contributed by atoms with Crippen LogP contribution in [0.25, 0.3) is 0 Å². The number of hydrogen-bond donors (Lipinski definition) is 2. The average molecular weight is 427 g/mol. The molecule has 0 aliphatic heterocycles. The molecule has 0 aliphatic rings. The van der Waals surface area contributed by atoms with Crippen molar-refractivity contribution in [3.8, 4) is 0 Å². The second-order valence-corrected chi connectivity index (χ2v) is 8.79. The second kappa shape index (κ2) is 9.09. The summed E-state index contributed by atoms with van der Waals surface area (Å²) in [6.45, 7) is 4.18. The quantitative estimate of drug-likeness (QED) is 0.585. The summed E-state index contributed by atoms with van der Waals surface area (Å²) >= 11 is 0. The fourth-order valence-corrected chi connectivity index (χ4v) is 4.07. The Bertz CT molecular complexity index is 1130. The third kappa shape index (κ3) is 5.24. The summed E-state index contributed by atoms with van der Waals surface area (Å²) in [5, 5.41) is 2.88. The summed E-state index contributed by atoms with van der Waals surface area (Å²) in [5.41, 5.74) is 2.30. The van der Waals surface area contributed by atoms with Crippen LogP contribution in [0.4, 0.5) is 10.1 Å². The van der Waals surface area contributed by atoms with Gasteiger partial charge in [0.05, 0.1) is 4.90 Å². The molecule has 0 fully saturated rings. The van der Waals surface area contributed by atoms with Gasteiger partial charge < -0.3 is 5.32 Å². The van der Waals surface area contributed by atoms with Crippen molar-refractivity contribution in [1.29, 1.82) is 0 Å². The minimum Gasteiger partial charge on any atom is -0.351 e. The molecule has 3 aromatic rings. The third-order valence-electron chi connectivity index (χ3n) is 4.80. The molecule has 1 amide bonds. The zero-order chi connectivity index (χ0) is 21.7. The minimum absolute atomic E-state index is 0.0429. The Balaban J connectivity index is 1.75. The lowest BCUT2D eigenvalue weighted by atomic mass is 10.0. The molecule has 0 radical (unpaired) electrons. The Morgan fingerprint density at radius 2 is 1.67 bits per heavy atom. The van der Waals surface area contributed by atoms with Crippen LogP contribution in [0, 0.1) is 12.7 Å². The van der Waals surface area contributed by atoms with E-state index in [-0.39, 0.29) is 28.0 Å². The molecule has 156 valence electrons. The van der Waals surface area contributed by atoms with Crippen LogP contribution in [0.5, 0.6) is 0 Å². The van der Waals surface area contributed by atoms with E-state index >= 15 is 0 Å². The summed E-state index contributed by atoms with van der Waals surface area (Å²) in [4.78, 5) is 12.7. The van der Waals surface area contributed by atoms with E-state index in [9.17, 15) is 17.6 Å². The fourth-order valence-electron chi connectivity index (χ4n) is 2.99. The number of nitrogens with one attached hydrogen (secondary N) is 2. The molecule has 0 bridgehead atoms. The van der Waals surface area contributed by atoms with E-state index in [1.807, 2.05) is 37.3 Å². The number of amides is 1. The first kappa shape index (κ1) is 21.5. The molecule has 0 heterocycles. The van der Waals surface area contributed by atoms with Crippen molar-refractivity contribution >= 4 is 21.6 Å². The largest absolute Gasteiger partial charge is 0.351 e. The lowest BCUT2D eigenvalue weighted by Crippen LogP contribution is -2.28. The molecule has 7 heteroatoms. The number of carbonyl (C=O) groups is 1. The fraction of sp³-hybridized carbons (Fsp3) is 0.174. The number of anilines is 1. The number of halogens is 1. The molecule has 5 nitrogen and oxygen atoms in total. The SMILES string of the molecule is Cc1ccc(S(=O)(=O)Nc2ccc(F)cc2)cc1C(=O)NCC(C)c1ccccc1. The first-order chi connectivity index (χ1) is 14.3. The molecule has 1 atom stereocenters.